The molecule has 3 unspecified atom stereocenters. The van der Waals surface area contributed by atoms with Crippen LogP contribution < -0.4 is 10.5 Å². The Balaban J connectivity index is 2.19. The van der Waals surface area contributed by atoms with Gasteiger partial charge in [-0.2, -0.15) is 0 Å². The zero-order valence-corrected chi connectivity index (χ0v) is 13.0. The standard InChI is InChI=1S/C16H27N3O/c1-12-10-19(11-13(2)18(12)3)16(9-17)14-6-5-7-15(8-14)20-4/h5-8,12-13,16H,9-11,17H2,1-4H3. The summed E-state index contributed by atoms with van der Waals surface area (Å²) in [6, 6.07) is 9.64. The lowest BCUT2D eigenvalue weighted by atomic mass is 10.0. The topological polar surface area (TPSA) is 41.7 Å². The van der Waals surface area contributed by atoms with E-state index in [4.69, 9.17) is 10.5 Å². The third kappa shape index (κ3) is 3.14. The molecule has 3 atom stereocenters. The van der Waals surface area contributed by atoms with Crippen LogP contribution in [0.1, 0.15) is 25.5 Å². The van der Waals surface area contributed by atoms with Crippen molar-refractivity contribution in [2.24, 2.45) is 5.73 Å². The van der Waals surface area contributed by atoms with E-state index in [1.165, 1.54) is 5.56 Å². The number of nitrogens with two attached hydrogens (primary N) is 1. The zero-order chi connectivity index (χ0) is 14.7. The molecule has 20 heavy (non-hydrogen) atoms. The predicted octanol–water partition coefficient (Wildman–Crippen LogP) is 1.72. The Morgan fingerprint density at radius 3 is 2.50 bits per heavy atom. The van der Waals surface area contributed by atoms with Gasteiger partial charge in [0.2, 0.25) is 0 Å². The number of methoxy groups -OCH3 is 1. The van der Waals surface area contributed by atoms with E-state index in [0.29, 0.717) is 18.6 Å². The second-order valence-corrected chi connectivity index (χ2v) is 5.85. The molecule has 0 amide bonds. The van der Waals surface area contributed by atoms with Crippen LogP contribution in [0.5, 0.6) is 5.75 Å². The molecule has 1 fully saturated rings. The Labute approximate surface area is 122 Å². The van der Waals surface area contributed by atoms with Crippen LogP contribution in [-0.2, 0) is 0 Å². The van der Waals surface area contributed by atoms with Gasteiger partial charge in [0.1, 0.15) is 5.75 Å². The Kier molecular flexibility index (Phi) is 5.02. The average molecular weight is 277 g/mol. The Bertz CT molecular complexity index is 425. The fourth-order valence-corrected chi connectivity index (χ4v) is 3.04. The van der Waals surface area contributed by atoms with Gasteiger partial charge in [-0.05, 0) is 38.6 Å². The molecular weight excluding hydrogens is 250 g/mol. The highest BCUT2D eigenvalue weighted by Crippen LogP contribution is 2.27. The molecule has 1 aromatic carbocycles. The molecule has 1 aliphatic heterocycles. The van der Waals surface area contributed by atoms with Gasteiger partial charge in [-0.25, -0.2) is 0 Å². The lowest BCUT2D eigenvalue weighted by molar-refractivity contribution is 0.0351. The first-order chi connectivity index (χ1) is 9.56. The maximum atomic E-state index is 6.06. The molecule has 4 nitrogen and oxygen atoms in total. The van der Waals surface area contributed by atoms with Gasteiger partial charge < -0.3 is 10.5 Å². The van der Waals surface area contributed by atoms with Crippen molar-refractivity contribution in [2.75, 3.05) is 33.8 Å². The Hall–Kier alpha value is -1.10. The first kappa shape index (κ1) is 15.3. The normalized spacial score (nSPS) is 26.4. The summed E-state index contributed by atoms with van der Waals surface area (Å²) < 4.78 is 5.33. The molecule has 0 spiro atoms. The summed E-state index contributed by atoms with van der Waals surface area (Å²) in [5.74, 6) is 0.899. The molecule has 0 aromatic heterocycles. The van der Waals surface area contributed by atoms with E-state index >= 15 is 0 Å². The minimum absolute atomic E-state index is 0.267. The number of piperazine rings is 1. The molecule has 2 N–H and O–H groups in total. The van der Waals surface area contributed by atoms with Crippen molar-refractivity contribution in [2.45, 2.75) is 32.0 Å². The molecule has 0 aliphatic carbocycles. The highest BCUT2D eigenvalue weighted by atomic mass is 16.5. The fraction of sp³-hybridized carbons (Fsp3) is 0.625. The monoisotopic (exact) mass is 277 g/mol. The number of nitrogens with zero attached hydrogens (tertiary/aromatic N) is 2. The average Bonchev–Trinajstić information content (AvgIpc) is 2.45. The predicted molar refractivity (Wildman–Crippen MR) is 83.0 cm³/mol. The molecule has 0 radical (unpaired) electrons. The summed E-state index contributed by atoms with van der Waals surface area (Å²) in [6.07, 6.45) is 0. The van der Waals surface area contributed by atoms with Gasteiger partial charge >= 0.3 is 0 Å². The van der Waals surface area contributed by atoms with Crippen LogP contribution in [-0.4, -0.2) is 55.7 Å². The number of likely N-dealkylation sites (N-methyl/N-ethyl adjacent to an activating group) is 1. The smallest absolute Gasteiger partial charge is 0.119 e. The molecule has 1 aliphatic rings. The largest absolute Gasteiger partial charge is 0.497 e. The quantitative estimate of drug-likeness (QED) is 0.910. The van der Waals surface area contributed by atoms with Crippen LogP contribution in [0.3, 0.4) is 0 Å². The van der Waals surface area contributed by atoms with Crippen molar-refractivity contribution in [3.63, 3.8) is 0 Å². The van der Waals surface area contributed by atoms with Crippen LogP contribution in [0.15, 0.2) is 24.3 Å². The lowest BCUT2D eigenvalue weighted by Crippen LogP contribution is -2.56. The zero-order valence-electron chi connectivity index (χ0n) is 13.0. The van der Waals surface area contributed by atoms with Gasteiger partial charge in [-0.3, -0.25) is 9.80 Å². The number of ether oxygens (including phenoxy) is 1. The van der Waals surface area contributed by atoms with E-state index in [-0.39, 0.29) is 6.04 Å². The van der Waals surface area contributed by atoms with E-state index < -0.39 is 0 Å². The molecule has 1 aromatic rings. The van der Waals surface area contributed by atoms with Crippen molar-refractivity contribution >= 4 is 0 Å². The minimum Gasteiger partial charge on any atom is -0.497 e. The maximum Gasteiger partial charge on any atom is 0.119 e. The van der Waals surface area contributed by atoms with E-state index in [0.717, 1.165) is 18.8 Å². The summed E-state index contributed by atoms with van der Waals surface area (Å²) in [4.78, 5) is 4.94. The van der Waals surface area contributed by atoms with E-state index in [1.807, 2.05) is 12.1 Å². The van der Waals surface area contributed by atoms with E-state index in [9.17, 15) is 0 Å². The highest BCUT2D eigenvalue weighted by molar-refractivity contribution is 5.31. The second kappa shape index (κ2) is 6.57. The molecule has 4 heteroatoms. The van der Waals surface area contributed by atoms with Crippen LogP contribution in [0.25, 0.3) is 0 Å². The Morgan fingerprint density at radius 1 is 1.30 bits per heavy atom. The third-order valence-electron chi connectivity index (χ3n) is 4.53. The van der Waals surface area contributed by atoms with Crippen LogP contribution in [0, 0.1) is 0 Å². The summed E-state index contributed by atoms with van der Waals surface area (Å²) >= 11 is 0. The number of hydrogen-bond donors (Lipinski definition) is 1. The van der Waals surface area contributed by atoms with Crippen molar-refractivity contribution in [1.29, 1.82) is 0 Å². The van der Waals surface area contributed by atoms with Gasteiger partial charge in [0.15, 0.2) is 0 Å². The van der Waals surface area contributed by atoms with Crippen LogP contribution in [0.4, 0.5) is 0 Å². The number of hydrogen-bond acceptors (Lipinski definition) is 4. The van der Waals surface area contributed by atoms with Crippen molar-refractivity contribution in [3.05, 3.63) is 29.8 Å². The molecule has 112 valence electrons. The summed E-state index contributed by atoms with van der Waals surface area (Å²) in [7, 11) is 3.91. The van der Waals surface area contributed by atoms with E-state index in [2.05, 4.69) is 42.8 Å². The molecule has 0 saturated carbocycles. The van der Waals surface area contributed by atoms with Crippen LogP contribution in [0.2, 0.25) is 0 Å². The highest BCUT2D eigenvalue weighted by Gasteiger charge is 2.30. The molecule has 1 saturated heterocycles. The van der Waals surface area contributed by atoms with Gasteiger partial charge in [0.25, 0.3) is 0 Å². The number of benzene rings is 1. The molecular formula is C16H27N3O. The van der Waals surface area contributed by atoms with E-state index in [1.54, 1.807) is 7.11 Å². The maximum absolute atomic E-state index is 6.06. The first-order valence-corrected chi connectivity index (χ1v) is 7.36. The van der Waals surface area contributed by atoms with Crippen LogP contribution >= 0.6 is 0 Å². The molecule has 0 bridgehead atoms. The van der Waals surface area contributed by atoms with Gasteiger partial charge in [0.05, 0.1) is 7.11 Å². The molecule has 1 heterocycles. The first-order valence-electron chi connectivity index (χ1n) is 7.36. The van der Waals surface area contributed by atoms with Gasteiger partial charge in [-0.1, -0.05) is 12.1 Å². The number of rotatable bonds is 4. The van der Waals surface area contributed by atoms with Crippen molar-refractivity contribution in [1.82, 2.24) is 9.80 Å². The minimum atomic E-state index is 0.267. The molecule has 2 rings (SSSR count). The third-order valence-corrected chi connectivity index (χ3v) is 4.53. The Morgan fingerprint density at radius 2 is 1.95 bits per heavy atom. The summed E-state index contributed by atoms with van der Waals surface area (Å²) in [6.45, 7) is 7.31. The van der Waals surface area contributed by atoms with Gasteiger partial charge in [-0.15, -0.1) is 0 Å². The van der Waals surface area contributed by atoms with Gasteiger partial charge in [0, 0.05) is 37.8 Å². The SMILES string of the molecule is COc1cccc(C(CN)N2CC(C)N(C)C(C)C2)c1. The summed E-state index contributed by atoms with van der Waals surface area (Å²) in [5, 5.41) is 0. The van der Waals surface area contributed by atoms with Crippen molar-refractivity contribution in [3.8, 4) is 5.75 Å². The second-order valence-electron chi connectivity index (χ2n) is 5.85. The fourth-order valence-electron chi connectivity index (χ4n) is 3.04. The summed E-state index contributed by atoms with van der Waals surface area (Å²) in [5.41, 5.74) is 7.30. The van der Waals surface area contributed by atoms with Crippen molar-refractivity contribution < 1.29 is 4.74 Å². The lowest BCUT2D eigenvalue weighted by Gasteiger charge is -2.45.